The second kappa shape index (κ2) is 16.6. The van der Waals surface area contributed by atoms with Crippen LogP contribution in [0.3, 0.4) is 0 Å². The van der Waals surface area contributed by atoms with Gasteiger partial charge in [0, 0.05) is 56.7 Å². The monoisotopic (exact) mass is 725 g/mol. The molecule has 1 aliphatic carbocycles. The molecule has 0 aromatic carbocycles. The quantitative estimate of drug-likeness (QED) is 0.244. The van der Waals surface area contributed by atoms with Crippen LogP contribution < -0.4 is 10.6 Å². The number of piperidine rings is 3. The standard InChI is InChI=1S/C36H51N7O7S/c1-21(2)27(42(5)35(48)36(10-11-36)41-32(46)28-17-24-8-14-43(28)15-9-24)19-29(50-23(4)44)33-40-26(20-51-33)31(45)39-25(16-22(3)34(47)49-6)18-30-37-12-7-13-38-30/h7,12-13,20-22,24-25,27-29H,8-11,14-19H2,1-6H3,(H,39,45)(H,41,46)/t22-,25+,27+,28+,29+/m0/s1. The van der Waals surface area contributed by atoms with Gasteiger partial charge in [-0.15, -0.1) is 11.3 Å². The minimum absolute atomic E-state index is 0.0239. The second-order valence-electron chi connectivity index (χ2n) is 14.6. The number of ether oxygens (including phenoxy) is 2. The number of fused-ring (bicyclic) bond motifs is 3. The number of methoxy groups -OCH3 is 1. The topological polar surface area (TPSA) is 173 Å². The number of hydrogen-bond donors (Lipinski definition) is 2. The smallest absolute Gasteiger partial charge is 0.308 e. The molecule has 0 spiro atoms. The molecule has 2 aromatic rings. The first-order valence-corrected chi connectivity index (χ1v) is 18.8. The Balaban J connectivity index is 1.27. The Bertz CT molecular complexity index is 1560. The van der Waals surface area contributed by atoms with Crippen LogP contribution in [0.15, 0.2) is 23.8 Å². The third-order valence-corrected chi connectivity index (χ3v) is 11.4. The number of nitrogens with one attached hydrogen (secondary N) is 2. The van der Waals surface area contributed by atoms with E-state index in [-0.39, 0.29) is 41.9 Å². The van der Waals surface area contributed by atoms with E-state index in [4.69, 9.17) is 9.47 Å². The average Bonchev–Trinajstić information content (AvgIpc) is 3.72. The molecule has 1 saturated carbocycles. The summed E-state index contributed by atoms with van der Waals surface area (Å²) in [5.41, 5.74) is -0.790. The summed E-state index contributed by atoms with van der Waals surface area (Å²) in [6, 6.07) is 0.663. The van der Waals surface area contributed by atoms with E-state index >= 15 is 0 Å². The van der Waals surface area contributed by atoms with Crippen LogP contribution in [0.4, 0.5) is 0 Å². The Kier molecular flexibility index (Phi) is 12.4. The number of nitrogens with zero attached hydrogens (tertiary/aromatic N) is 5. The molecule has 5 atom stereocenters. The number of rotatable bonds is 16. The molecule has 6 rings (SSSR count). The molecule has 0 unspecified atom stereocenters. The van der Waals surface area contributed by atoms with Gasteiger partial charge in [-0.3, -0.25) is 28.9 Å². The van der Waals surface area contributed by atoms with Gasteiger partial charge in [-0.05, 0) is 69.5 Å². The summed E-state index contributed by atoms with van der Waals surface area (Å²) >= 11 is 1.19. The molecule has 14 nitrogen and oxygen atoms in total. The van der Waals surface area contributed by atoms with Crippen molar-refractivity contribution in [1.82, 2.24) is 35.4 Å². The summed E-state index contributed by atoms with van der Waals surface area (Å²) in [6.07, 6.45) is 7.50. The number of aromatic nitrogens is 3. The third-order valence-electron chi connectivity index (χ3n) is 10.5. The van der Waals surface area contributed by atoms with Crippen LogP contribution in [0.2, 0.25) is 0 Å². The highest BCUT2D eigenvalue weighted by atomic mass is 32.1. The lowest BCUT2D eigenvalue weighted by atomic mass is 9.83. The van der Waals surface area contributed by atoms with Crippen LogP contribution in [-0.2, 0) is 35.1 Å². The summed E-state index contributed by atoms with van der Waals surface area (Å²) < 4.78 is 10.6. The van der Waals surface area contributed by atoms with Gasteiger partial charge in [0.15, 0.2) is 6.10 Å². The van der Waals surface area contributed by atoms with E-state index < -0.39 is 41.4 Å². The van der Waals surface area contributed by atoms with Crippen molar-refractivity contribution >= 4 is 41.0 Å². The van der Waals surface area contributed by atoms with Crippen molar-refractivity contribution in [2.45, 2.75) is 109 Å². The molecule has 2 aromatic heterocycles. The largest absolute Gasteiger partial charge is 0.469 e. The zero-order valence-corrected chi connectivity index (χ0v) is 31.2. The lowest BCUT2D eigenvalue weighted by molar-refractivity contribution is -0.149. The maximum Gasteiger partial charge on any atom is 0.308 e. The van der Waals surface area contributed by atoms with Gasteiger partial charge in [0.25, 0.3) is 5.91 Å². The van der Waals surface area contributed by atoms with Crippen LogP contribution >= 0.6 is 11.3 Å². The molecule has 3 saturated heterocycles. The summed E-state index contributed by atoms with van der Waals surface area (Å²) in [6.45, 7) is 8.88. The first kappa shape index (κ1) is 38.3. The van der Waals surface area contributed by atoms with Crippen molar-refractivity contribution in [3.63, 3.8) is 0 Å². The van der Waals surface area contributed by atoms with Crippen LogP contribution in [0.25, 0.3) is 0 Å². The number of amides is 3. The molecule has 278 valence electrons. The molecule has 51 heavy (non-hydrogen) atoms. The Labute approximate surface area is 303 Å². The van der Waals surface area contributed by atoms with Crippen molar-refractivity contribution in [3.8, 4) is 0 Å². The second-order valence-corrected chi connectivity index (χ2v) is 15.5. The molecule has 2 bridgehead atoms. The SMILES string of the molecule is COC(=O)[C@@H](C)C[C@H](Cc1ncccn1)NC(=O)c1csc([C@@H](C[C@H](C(C)C)N(C)C(=O)C2(NC(=O)[C@H]3CC4CCN3CC4)CC2)OC(C)=O)n1. The Hall–Kier alpha value is -3.98. The number of likely N-dealkylation sites (N-methyl/N-ethyl adjacent to an activating group) is 1. The van der Waals surface area contributed by atoms with E-state index in [1.165, 1.54) is 25.4 Å². The molecule has 0 radical (unpaired) electrons. The Morgan fingerprint density at radius 1 is 1.08 bits per heavy atom. The minimum Gasteiger partial charge on any atom is -0.469 e. The number of esters is 2. The summed E-state index contributed by atoms with van der Waals surface area (Å²) in [5, 5.41) is 8.12. The Morgan fingerprint density at radius 2 is 1.76 bits per heavy atom. The fourth-order valence-electron chi connectivity index (χ4n) is 7.43. The van der Waals surface area contributed by atoms with Gasteiger partial charge in [0.1, 0.15) is 22.1 Å². The number of hydrogen-bond acceptors (Lipinski definition) is 12. The predicted octanol–water partition coefficient (Wildman–Crippen LogP) is 3.08. The van der Waals surface area contributed by atoms with Crippen LogP contribution in [-0.4, -0.2) is 105 Å². The Morgan fingerprint density at radius 3 is 2.33 bits per heavy atom. The molecule has 2 N–H and O–H groups in total. The van der Waals surface area contributed by atoms with Crippen molar-refractivity contribution < 1.29 is 33.4 Å². The highest BCUT2D eigenvalue weighted by Gasteiger charge is 2.55. The van der Waals surface area contributed by atoms with E-state index in [9.17, 15) is 24.0 Å². The van der Waals surface area contributed by atoms with Gasteiger partial charge in [-0.25, -0.2) is 15.0 Å². The van der Waals surface area contributed by atoms with Crippen LogP contribution in [0.5, 0.6) is 0 Å². The average molecular weight is 726 g/mol. The first-order valence-electron chi connectivity index (χ1n) is 17.9. The van der Waals surface area contributed by atoms with Crippen LogP contribution in [0.1, 0.15) is 100 Å². The zero-order valence-electron chi connectivity index (χ0n) is 30.4. The highest BCUT2D eigenvalue weighted by molar-refractivity contribution is 7.09. The van der Waals surface area contributed by atoms with Crippen molar-refractivity contribution in [2.75, 3.05) is 27.2 Å². The summed E-state index contributed by atoms with van der Waals surface area (Å²) in [7, 11) is 3.06. The number of thiazole rings is 1. The third kappa shape index (κ3) is 9.47. The maximum absolute atomic E-state index is 14.0. The van der Waals surface area contributed by atoms with Gasteiger partial charge in [0.2, 0.25) is 11.8 Å². The highest BCUT2D eigenvalue weighted by Crippen LogP contribution is 2.40. The lowest BCUT2D eigenvalue weighted by Gasteiger charge is -2.45. The van der Waals surface area contributed by atoms with E-state index in [1.807, 2.05) is 13.8 Å². The van der Waals surface area contributed by atoms with Crippen molar-refractivity contribution in [2.24, 2.45) is 17.8 Å². The van der Waals surface area contributed by atoms with Crippen molar-refractivity contribution in [1.29, 1.82) is 0 Å². The molecular weight excluding hydrogens is 675 g/mol. The van der Waals surface area contributed by atoms with E-state index in [1.54, 1.807) is 42.7 Å². The minimum atomic E-state index is -0.924. The first-order chi connectivity index (χ1) is 24.3. The molecule has 4 aliphatic rings. The lowest BCUT2D eigenvalue weighted by Crippen LogP contribution is -2.60. The molecule has 4 fully saturated rings. The van der Waals surface area contributed by atoms with E-state index in [2.05, 4.69) is 30.5 Å². The van der Waals surface area contributed by atoms with Gasteiger partial charge >= 0.3 is 11.9 Å². The van der Waals surface area contributed by atoms with Gasteiger partial charge < -0.3 is 25.0 Å². The van der Waals surface area contributed by atoms with Gasteiger partial charge in [0.05, 0.1) is 19.1 Å². The van der Waals surface area contributed by atoms with Crippen molar-refractivity contribution in [3.05, 3.63) is 40.4 Å². The number of carbonyl (C=O) groups excluding carboxylic acids is 5. The zero-order chi connectivity index (χ0) is 36.9. The normalized spacial score (nSPS) is 22.6. The summed E-state index contributed by atoms with van der Waals surface area (Å²) in [4.78, 5) is 82.5. The molecule has 3 amide bonds. The molecule has 5 heterocycles. The van der Waals surface area contributed by atoms with E-state index in [0.29, 0.717) is 42.4 Å². The van der Waals surface area contributed by atoms with E-state index in [0.717, 1.165) is 32.4 Å². The molecule has 15 heteroatoms. The van der Waals surface area contributed by atoms with Gasteiger partial charge in [-0.2, -0.15) is 0 Å². The van der Waals surface area contributed by atoms with Crippen LogP contribution in [0, 0.1) is 17.8 Å². The predicted molar refractivity (Wildman–Crippen MR) is 188 cm³/mol. The fourth-order valence-corrected chi connectivity index (χ4v) is 8.27. The fraction of sp³-hybridized carbons (Fsp3) is 0.667. The van der Waals surface area contributed by atoms with Gasteiger partial charge in [-0.1, -0.05) is 20.8 Å². The maximum atomic E-state index is 14.0. The molecule has 3 aliphatic heterocycles. The number of carbonyl (C=O) groups is 5. The summed E-state index contributed by atoms with van der Waals surface area (Å²) in [5.74, 6) is -1.01. The molecular formula is C36H51N7O7S.